The van der Waals surface area contributed by atoms with Crippen molar-refractivity contribution < 1.29 is 9.53 Å². The molecule has 1 saturated heterocycles. The van der Waals surface area contributed by atoms with Crippen LogP contribution < -0.4 is 14.5 Å². The number of carbonyl (C=O) groups excluding carboxylic acids is 1. The summed E-state index contributed by atoms with van der Waals surface area (Å²) in [4.78, 5) is 25.4. The highest BCUT2D eigenvalue weighted by atomic mass is 32.2. The molecule has 3 aliphatic heterocycles. The van der Waals surface area contributed by atoms with Crippen molar-refractivity contribution in [3.63, 3.8) is 0 Å². The Balaban J connectivity index is 1.22. The predicted molar refractivity (Wildman–Crippen MR) is 122 cm³/mol. The van der Waals surface area contributed by atoms with Crippen LogP contribution in [0.15, 0.2) is 58.4 Å². The number of nitrogens with zero attached hydrogens (tertiary/aromatic N) is 4. The molecule has 6 nitrogen and oxygen atoms in total. The topological polar surface area (TPSA) is 48.4 Å². The summed E-state index contributed by atoms with van der Waals surface area (Å²) in [6.45, 7) is 6.85. The quantitative estimate of drug-likeness (QED) is 0.735. The van der Waals surface area contributed by atoms with Crippen LogP contribution in [0.25, 0.3) is 0 Å². The summed E-state index contributed by atoms with van der Waals surface area (Å²) in [7, 11) is 1.70. The molecule has 1 amide bonds. The molecule has 3 heterocycles. The van der Waals surface area contributed by atoms with Gasteiger partial charge in [0.15, 0.2) is 5.17 Å². The van der Waals surface area contributed by atoms with Crippen molar-refractivity contribution in [3.05, 3.63) is 48.5 Å². The lowest BCUT2D eigenvalue weighted by Crippen LogP contribution is -2.52. The summed E-state index contributed by atoms with van der Waals surface area (Å²) < 4.78 is 5.36. The number of methoxy groups -OCH3 is 1. The number of benzene rings is 2. The molecule has 1 atom stereocenters. The molecule has 156 valence electrons. The molecule has 30 heavy (non-hydrogen) atoms. The van der Waals surface area contributed by atoms with Gasteiger partial charge in [-0.2, -0.15) is 4.99 Å². The summed E-state index contributed by atoms with van der Waals surface area (Å²) in [5, 5.41) is 0.826. The van der Waals surface area contributed by atoms with E-state index >= 15 is 0 Å². The highest BCUT2D eigenvalue weighted by molar-refractivity contribution is 8.14. The molecule has 0 radical (unpaired) electrons. The van der Waals surface area contributed by atoms with E-state index in [1.54, 1.807) is 18.9 Å². The largest absolute Gasteiger partial charge is 0.497 e. The maximum Gasteiger partial charge on any atom is 0.274 e. The fourth-order valence-corrected chi connectivity index (χ4v) is 5.59. The van der Waals surface area contributed by atoms with Gasteiger partial charge in [0, 0.05) is 49.4 Å². The summed E-state index contributed by atoms with van der Waals surface area (Å²) in [6, 6.07) is 16.5. The van der Waals surface area contributed by atoms with Gasteiger partial charge in [-0.15, -0.1) is 0 Å². The van der Waals surface area contributed by atoms with Gasteiger partial charge in [0.25, 0.3) is 5.91 Å². The number of amides is 1. The first-order valence-electron chi connectivity index (χ1n) is 10.4. The molecule has 2 aromatic carbocycles. The molecule has 0 N–H and O–H groups in total. The van der Waals surface area contributed by atoms with Gasteiger partial charge in [0.05, 0.1) is 12.8 Å². The fourth-order valence-electron chi connectivity index (χ4n) is 4.46. The van der Waals surface area contributed by atoms with Crippen molar-refractivity contribution in [2.24, 2.45) is 4.99 Å². The molecule has 3 aliphatic rings. The number of hydrogen-bond donors (Lipinski definition) is 0. The Labute approximate surface area is 181 Å². The lowest BCUT2D eigenvalue weighted by molar-refractivity contribution is -0.121. The minimum absolute atomic E-state index is 0.0190. The predicted octanol–water partition coefficient (Wildman–Crippen LogP) is 3.47. The molecular formula is C23H26N4O2S. The van der Waals surface area contributed by atoms with E-state index in [2.05, 4.69) is 44.0 Å². The monoisotopic (exact) mass is 422 g/mol. The molecule has 0 bridgehead atoms. The average Bonchev–Trinajstić information content (AvgIpc) is 3.27. The van der Waals surface area contributed by atoms with Crippen molar-refractivity contribution in [1.29, 1.82) is 0 Å². The second-order valence-corrected chi connectivity index (χ2v) is 9.17. The molecule has 2 aromatic rings. The Kier molecular flexibility index (Phi) is 4.95. The van der Waals surface area contributed by atoms with Gasteiger partial charge in [-0.05, 0) is 49.4 Å². The van der Waals surface area contributed by atoms with Gasteiger partial charge in [0.2, 0.25) is 0 Å². The highest BCUT2D eigenvalue weighted by Gasteiger charge is 2.50. The van der Waals surface area contributed by atoms with Gasteiger partial charge in [-0.1, -0.05) is 18.2 Å². The van der Waals surface area contributed by atoms with E-state index < -0.39 is 5.54 Å². The van der Waals surface area contributed by atoms with E-state index in [4.69, 9.17) is 4.74 Å². The van der Waals surface area contributed by atoms with E-state index in [0.29, 0.717) is 0 Å². The maximum absolute atomic E-state index is 12.8. The van der Waals surface area contributed by atoms with Crippen LogP contribution in [-0.2, 0) is 4.79 Å². The normalized spacial score (nSPS) is 23.4. The third-order valence-corrected chi connectivity index (χ3v) is 7.38. The van der Waals surface area contributed by atoms with Crippen LogP contribution in [0.1, 0.15) is 13.3 Å². The van der Waals surface area contributed by atoms with Gasteiger partial charge in [-0.25, -0.2) is 0 Å². The number of anilines is 2. The average molecular weight is 423 g/mol. The minimum Gasteiger partial charge on any atom is -0.497 e. The summed E-state index contributed by atoms with van der Waals surface area (Å²) in [5.41, 5.74) is 1.71. The van der Waals surface area contributed by atoms with Crippen molar-refractivity contribution >= 4 is 34.2 Å². The number of ether oxygens (including phenoxy) is 1. The lowest BCUT2D eigenvalue weighted by atomic mass is 9.94. The summed E-state index contributed by atoms with van der Waals surface area (Å²) in [6.07, 6.45) is 0.771. The Bertz CT molecular complexity index is 1000. The molecule has 1 unspecified atom stereocenters. The number of piperazine rings is 1. The molecule has 5 rings (SSSR count). The molecule has 0 spiro atoms. The molecule has 0 aromatic heterocycles. The van der Waals surface area contributed by atoms with Crippen molar-refractivity contribution in [2.45, 2.75) is 23.8 Å². The Morgan fingerprint density at radius 2 is 1.90 bits per heavy atom. The standard InChI is InChI=1S/C23H26N4O2S/c1-23(21(28)24-22-27(23)19-8-3-4-9-20(19)30-22)10-11-25-12-14-26(15-13-25)17-6-5-7-18(16-17)29-2/h3-9,16H,10-15H2,1-2H3. The van der Waals surface area contributed by atoms with E-state index in [1.165, 1.54) is 10.6 Å². The Morgan fingerprint density at radius 1 is 1.10 bits per heavy atom. The number of carbonyl (C=O) groups is 1. The van der Waals surface area contributed by atoms with E-state index in [-0.39, 0.29) is 5.91 Å². The second kappa shape index (κ2) is 7.63. The number of para-hydroxylation sites is 1. The van der Waals surface area contributed by atoms with Crippen LogP contribution in [-0.4, -0.2) is 61.3 Å². The molecule has 0 aliphatic carbocycles. The summed E-state index contributed by atoms with van der Waals surface area (Å²) in [5.74, 6) is 0.872. The zero-order valence-electron chi connectivity index (χ0n) is 17.4. The van der Waals surface area contributed by atoms with E-state index in [9.17, 15) is 4.79 Å². The van der Waals surface area contributed by atoms with E-state index in [1.807, 2.05) is 31.2 Å². The van der Waals surface area contributed by atoms with Crippen LogP contribution in [0.3, 0.4) is 0 Å². The van der Waals surface area contributed by atoms with Crippen molar-refractivity contribution in [3.8, 4) is 5.75 Å². The van der Waals surface area contributed by atoms with Crippen LogP contribution >= 0.6 is 11.8 Å². The Hall–Kier alpha value is -2.51. The van der Waals surface area contributed by atoms with Gasteiger partial charge >= 0.3 is 0 Å². The number of thioether (sulfide) groups is 1. The number of amidine groups is 1. The number of rotatable bonds is 5. The molecule has 1 fully saturated rings. The van der Waals surface area contributed by atoms with Crippen LogP contribution in [0.4, 0.5) is 11.4 Å². The van der Waals surface area contributed by atoms with Gasteiger partial charge in [-0.3, -0.25) is 9.69 Å². The van der Waals surface area contributed by atoms with Gasteiger partial charge in [0.1, 0.15) is 11.3 Å². The highest BCUT2D eigenvalue weighted by Crippen LogP contribution is 2.48. The van der Waals surface area contributed by atoms with Crippen molar-refractivity contribution in [2.75, 3.05) is 49.6 Å². The smallest absolute Gasteiger partial charge is 0.274 e. The molecule has 7 heteroatoms. The molecular weight excluding hydrogens is 396 g/mol. The number of aliphatic imine (C=N–C) groups is 1. The fraction of sp³-hybridized carbons (Fsp3) is 0.391. The first-order valence-corrected chi connectivity index (χ1v) is 11.2. The first kappa shape index (κ1) is 19.5. The molecule has 0 saturated carbocycles. The minimum atomic E-state index is -0.598. The van der Waals surface area contributed by atoms with E-state index in [0.717, 1.165) is 55.7 Å². The summed E-state index contributed by atoms with van der Waals surface area (Å²) >= 11 is 1.60. The van der Waals surface area contributed by atoms with Crippen LogP contribution in [0.5, 0.6) is 5.75 Å². The maximum atomic E-state index is 12.8. The third-order valence-electron chi connectivity index (χ3n) is 6.36. The number of hydrogen-bond acceptors (Lipinski definition) is 6. The Morgan fingerprint density at radius 3 is 2.70 bits per heavy atom. The number of fused-ring (bicyclic) bond motifs is 3. The van der Waals surface area contributed by atoms with Crippen LogP contribution in [0.2, 0.25) is 0 Å². The lowest BCUT2D eigenvalue weighted by Gasteiger charge is -2.39. The SMILES string of the molecule is COc1cccc(N2CCN(CCC3(C)C(=O)N=C4Sc5ccccc5N43)CC2)c1. The second-order valence-electron chi connectivity index (χ2n) is 8.16. The van der Waals surface area contributed by atoms with Crippen molar-refractivity contribution in [1.82, 2.24) is 4.90 Å². The third kappa shape index (κ3) is 3.26. The zero-order chi connectivity index (χ0) is 20.7. The van der Waals surface area contributed by atoms with Gasteiger partial charge < -0.3 is 14.5 Å². The van der Waals surface area contributed by atoms with Crippen LogP contribution in [0, 0.1) is 0 Å². The zero-order valence-corrected chi connectivity index (χ0v) is 18.2. The first-order chi connectivity index (χ1) is 14.6.